The molecule has 0 radical (unpaired) electrons. The number of nitrogen functional groups attached to an aromatic ring is 1. The summed E-state index contributed by atoms with van der Waals surface area (Å²) in [6.45, 7) is 2.47. The summed E-state index contributed by atoms with van der Waals surface area (Å²) in [5.74, 6) is 1.29. The minimum atomic E-state index is 0.386. The highest BCUT2D eigenvalue weighted by molar-refractivity contribution is 5.84. The van der Waals surface area contributed by atoms with Crippen molar-refractivity contribution in [3.63, 3.8) is 0 Å². The number of fused-ring (bicyclic) bond motifs is 2. The minimum Gasteiger partial charge on any atom is -0.383 e. The van der Waals surface area contributed by atoms with Crippen molar-refractivity contribution >= 4 is 16.9 Å². The molecule has 2 aromatic rings. The maximum absolute atomic E-state index is 6.03. The fourth-order valence-electron chi connectivity index (χ4n) is 3.55. The summed E-state index contributed by atoms with van der Waals surface area (Å²) in [5.41, 5.74) is 6.83. The Morgan fingerprint density at radius 3 is 3.19 bits per heavy atom. The average Bonchev–Trinajstić information content (AvgIpc) is 3.07. The number of anilines is 1. The Morgan fingerprint density at radius 1 is 1.38 bits per heavy atom. The zero-order valence-corrected chi connectivity index (χ0v) is 12.2. The molecule has 0 spiro atoms. The molecule has 0 bridgehead atoms. The third kappa shape index (κ3) is 2.16. The largest absolute Gasteiger partial charge is 0.383 e. The molecule has 0 amide bonds. The number of morpholine rings is 1. The molecule has 7 nitrogen and oxygen atoms in total. The van der Waals surface area contributed by atoms with Crippen LogP contribution in [0, 0.1) is 0 Å². The number of hydrogen-bond donors (Lipinski definition) is 1. The van der Waals surface area contributed by atoms with E-state index < -0.39 is 0 Å². The first-order valence-corrected chi connectivity index (χ1v) is 7.52. The SMILES string of the molecule is Cn1ncc2c(N)nc(CN3CCOC4CCCC43)nc21. The number of aromatic nitrogens is 4. The Kier molecular flexibility index (Phi) is 3.04. The Balaban J connectivity index is 1.63. The first-order chi connectivity index (χ1) is 10.2. The van der Waals surface area contributed by atoms with Crippen molar-refractivity contribution in [1.82, 2.24) is 24.6 Å². The number of ether oxygens (including phenoxy) is 1. The van der Waals surface area contributed by atoms with E-state index >= 15 is 0 Å². The second kappa shape index (κ2) is 4.92. The molecule has 2 aliphatic rings. The van der Waals surface area contributed by atoms with Crippen LogP contribution in [-0.4, -0.2) is 49.9 Å². The molecule has 2 N–H and O–H groups in total. The number of rotatable bonds is 2. The Bertz CT molecular complexity index is 669. The van der Waals surface area contributed by atoms with Gasteiger partial charge >= 0.3 is 0 Å². The predicted molar refractivity (Wildman–Crippen MR) is 78.5 cm³/mol. The van der Waals surface area contributed by atoms with Gasteiger partial charge in [-0.1, -0.05) is 0 Å². The van der Waals surface area contributed by atoms with Gasteiger partial charge in [0.2, 0.25) is 0 Å². The van der Waals surface area contributed by atoms with Crippen LogP contribution in [0.2, 0.25) is 0 Å². The van der Waals surface area contributed by atoms with Crippen LogP contribution >= 0.6 is 0 Å². The fraction of sp³-hybridized carbons (Fsp3) is 0.643. The van der Waals surface area contributed by atoms with Crippen molar-refractivity contribution in [1.29, 1.82) is 0 Å². The summed E-state index contributed by atoms with van der Waals surface area (Å²) in [7, 11) is 1.88. The molecule has 21 heavy (non-hydrogen) atoms. The molecule has 1 saturated heterocycles. The first-order valence-electron chi connectivity index (χ1n) is 7.52. The Hall–Kier alpha value is -1.73. The monoisotopic (exact) mass is 288 g/mol. The molecule has 3 heterocycles. The van der Waals surface area contributed by atoms with Crippen LogP contribution in [0.15, 0.2) is 6.20 Å². The van der Waals surface area contributed by atoms with Gasteiger partial charge in [-0.3, -0.25) is 9.58 Å². The van der Waals surface area contributed by atoms with Gasteiger partial charge in [0.25, 0.3) is 0 Å². The van der Waals surface area contributed by atoms with Gasteiger partial charge in [0.15, 0.2) is 5.65 Å². The molecule has 2 aromatic heterocycles. The number of nitrogens with zero attached hydrogens (tertiary/aromatic N) is 5. The van der Waals surface area contributed by atoms with Crippen LogP contribution in [0.5, 0.6) is 0 Å². The molecule has 2 unspecified atom stereocenters. The van der Waals surface area contributed by atoms with Crippen molar-refractivity contribution in [3.05, 3.63) is 12.0 Å². The molecule has 1 saturated carbocycles. The summed E-state index contributed by atoms with van der Waals surface area (Å²) in [4.78, 5) is 11.5. The molecule has 0 aromatic carbocycles. The second-order valence-electron chi connectivity index (χ2n) is 5.91. The lowest BCUT2D eigenvalue weighted by Crippen LogP contribution is -2.48. The van der Waals surface area contributed by atoms with E-state index in [0.29, 0.717) is 18.0 Å². The van der Waals surface area contributed by atoms with E-state index in [0.717, 1.165) is 36.6 Å². The van der Waals surface area contributed by atoms with E-state index in [2.05, 4.69) is 20.0 Å². The van der Waals surface area contributed by atoms with E-state index in [4.69, 9.17) is 10.5 Å². The van der Waals surface area contributed by atoms with Crippen LogP contribution in [-0.2, 0) is 18.3 Å². The lowest BCUT2D eigenvalue weighted by molar-refractivity contribution is -0.0595. The zero-order valence-electron chi connectivity index (χ0n) is 12.2. The summed E-state index contributed by atoms with van der Waals surface area (Å²) in [6, 6.07) is 0.505. The van der Waals surface area contributed by atoms with Crippen LogP contribution in [0.1, 0.15) is 25.1 Å². The number of aryl methyl sites for hydroxylation is 1. The quantitative estimate of drug-likeness (QED) is 0.876. The molecular formula is C14H20N6O. The minimum absolute atomic E-state index is 0.386. The van der Waals surface area contributed by atoms with E-state index in [1.54, 1.807) is 10.9 Å². The highest BCUT2D eigenvalue weighted by atomic mass is 16.5. The average molecular weight is 288 g/mol. The molecule has 112 valence electrons. The van der Waals surface area contributed by atoms with Crippen molar-refractivity contribution in [3.8, 4) is 0 Å². The Morgan fingerprint density at radius 2 is 2.29 bits per heavy atom. The van der Waals surface area contributed by atoms with Gasteiger partial charge in [-0.05, 0) is 19.3 Å². The van der Waals surface area contributed by atoms with E-state index in [1.807, 2.05) is 7.05 Å². The van der Waals surface area contributed by atoms with Crippen molar-refractivity contribution in [2.45, 2.75) is 38.0 Å². The normalized spacial score (nSPS) is 26.3. The van der Waals surface area contributed by atoms with Crippen molar-refractivity contribution in [2.24, 2.45) is 7.05 Å². The zero-order chi connectivity index (χ0) is 14.4. The smallest absolute Gasteiger partial charge is 0.163 e. The summed E-state index contributed by atoms with van der Waals surface area (Å²) in [6.07, 6.45) is 5.72. The number of hydrogen-bond acceptors (Lipinski definition) is 6. The molecule has 2 atom stereocenters. The highest BCUT2D eigenvalue weighted by Crippen LogP contribution is 2.30. The van der Waals surface area contributed by atoms with Crippen molar-refractivity contribution in [2.75, 3.05) is 18.9 Å². The van der Waals surface area contributed by atoms with Gasteiger partial charge in [-0.2, -0.15) is 5.10 Å². The van der Waals surface area contributed by atoms with Gasteiger partial charge in [0.1, 0.15) is 11.6 Å². The van der Waals surface area contributed by atoms with Gasteiger partial charge in [0, 0.05) is 19.6 Å². The molecular weight excluding hydrogens is 268 g/mol. The van der Waals surface area contributed by atoms with E-state index in [1.165, 1.54) is 19.3 Å². The predicted octanol–water partition coefficient (Wildman–Crippen LogP) is 0.699. The van der Waals surface area contributed by atoms with E-state index in [-0.39, 0.29) is 0 Å². The molecule has 7 heteroatoms. The topological polar surface area (TPSA) is 82.1 Å². The maximum Gasteiger partial charge on any atom is 0.163 e. The maximum atomic E-state index is 6.03. The van der Waals surface area contributed by atoms with Crippen LogP contribution < -0.4 is 5.73 Å². The standard InChI is InChI=1S/C14H20N6O/c1-19-14-9(7-16-19)13(15)17-12(18-14)8-20-5-6-21-11-4-2-3-10(11)20/h7,10-11H,2-6,8H2,1H3,(H2,15,17,18). The molecule has 4 rings (SSSR count). The summed E-state index contributed by atoms with van der Waals surface area (Å²) < 4.78 is 7.59. The third-order valence-electron chi connectivity index (χ3n) is 4.61. The van der Waals surface area contributed by atoms with Gasteiger partial charge < -0.3 is 10.5 Å². The Labute approximate surface area is 123 Å². The fourth-order valence-corrected chi connectivity index (χ4v) is 3.55. The van der Waals surface area contributed by atoms with E-state index in [9.17, 15) is 0 Å². The highest BCUT2D eigenvalue weighted by Gasteiger charge is 2.36. The molecule has 1 aliphatic carbocycles. The van der Waals surface area contributed by atoms with Gasteiger partial charge in [-0.15, -0.1) is 0 Å². The van der Waals surface area contributed by atoms with Crippen LogP contribution in [0.3, 0.4) is 0 Å². The lowest BCUT2D eigenvalue weighted by Gasteiger charge is -2.37. The first kappa shape index (κ1) is 13.0. The summed E-state index contributed by atoms with van der Waals surface area (Å²) >= 11 is 0. The van der Waals surface area contributed by atoms with Crippen LogP contribution in [0.25, 0.3) is 11.0 Å². The van der Waals surface area contributed by atoms with Gasteiger partial charge in [0.05, 0.1) is 30.8 Å². The lowest BCUT2D eigenvalue weighted by atomic mass is 10.1. The van der Waals surface area contributed by atoms with Crippen molar-refractivity contribution < 1.29 is 4.74 Å². The molecule has 2 fully saturated rings. The second-order valence-corrected chi connectivity index (χ2v) is 5.91. The van der Waals surface area contributed by atoms with Gasteiger partial charge in [-0.25, -0.2) is 9.97 Å². The number of nitrogens with two attached hydrogens (primary N) is 1. The molecule has 1 aliphatic heterocycles. The van der Waals surface area contributed by atoms with Crippen LogP contribution in [0.4, 0.5) is 5.82 Å². The third-order valence-corrected chi connectivity index (χ3v) is 4.61. The summed E-state index contributed by atoms with van der Waals surface area (Å²) in [5, 5.41) is 5.02.